The van der Waals surface area contributed by atoms with Crippen molar-refractivity contribution in [2.24, 2.45) is 0 Å². The molecule has 0 radical (unpaired) electrons. The molecule has 0 fully saturated rings. The van der Waals surface area contributed by atoms with Crippen molar-refractivity contribution in [2.45, 2.75) is 6.92 Å². The molecule has 0 aromatic heterocycles. The van der Waals surface area contributed by atoms with Crippen molar-refractivity contribution < 1.29 is 9.59 Å². The molecule has 0 N–H and O–H groups in total. The zero-order valence-electron chi connectivity index (χ0n) is 5.16. The summed E-state index contributed by atoms with van der Waals surface area (Å²) in [7, 11) is 0. The number of hydrogen-bond acceptors (Lipinski definition) is 3. The first-order valence-electron chi connectivity index (χ1n) is 2.49. The fraction of sp³-hybridized carbons (Fsp3) is 0.333. The molecule has 50 valence electrons. The molecule has 0 rings (SSSR count). The lowest BCUT2D eigenvalue weighted by Crippen LogP contribution is -1.79. The van der Waals surface area contributed by atoms with Crippen LogP contribution in [0.1, 0.15) is 6.92 Å². The molecule has 0 heterocycles. The van der Waals surface area contributed by atoms with Gasteiger partial charge in [-0.05, 0) is 18.4 Å². The number of carbonyl (C=O) groups excluding carboxylic acids is 2. The summed E-state index contributed by atoms with van der Waals surface area (Å²) in [5, 5.41) is 1.62. The van der Waals surface area contributed by atoms with Gasteiger partial charge in [0.1, 0.15) is 6.29 Å². The second kappa shape index (κ2) is 5.56. The summed E-state index contributed by atoms with van der Waals surface area (Å²) in [5.74, 6) is 0.428. The van der Waals surface area contributed by atoms with Gasteiger partial charge in [-0.25, -0.2) is 0 Å². The molecule has 0 aliphatic rings. The van der Waals surface area contributed by atoms with Gasteiger partial charge in [0.15, 0.2) is 5.78 Å². The van der Waals surface area contributed by atoms with Crippen LogP contribution in [0.3, 0.4) is 0 Å². The molecule has 3 heteroatoms. The van der Waals surface area contributed by atoms with Crippen molar-refractivity contribution in [2.75, 3.05) is 5.75 Å². The van der Waals surface area contributed by atoms with Crippen LogP contribution >= 0.6 is 11.8 Å². The number of allylic oxidation sites excluding steroid dienone is 1. The molecule has 0 aliphatic carbocycles. The van der Waals surface area contributed by atoms with Crippen LogP contribution in [0.5, 0.6) is 0 Å². The lowest BCUT2D eigenvalue weighted by molar-refractivity contribution is -0.112. The number of thioether (sulfide) groups is 1. The fourth-order valence-electron chi connectivity index (χ4n) is 0.239. The number of aldehydes is 1. The van der Waals surface area contributed by atoms with Crippen LogP contribution in [0.15, 0.2) is 11.5 Å². The highest BCUT2D eigenvalue weighted by Crippen LogP contribution is 1.97. The van der Waals surface area contributed by atoms with E-state index in [1.165, 1.54) is 24.8 Å². The van der Waals surface area contributed by atoms with Crippen LogP contribution < -0.4 is 0 Å². The van der Waals surface area contributed by atoms with E-state index >= 15 is 0 Å². The Morgan fingerprint density at radius 2 is 2.33 bits per heavy atom. The summed E-state index contributed by atoms with van der Waals surface area (Å²) in [6, 6.07) is 0. The number of carbonyl (C=O) groups is 2. The van der Waals surface area contributed by atoms with Gasteiger partial charge in [0.25, 0.3) is 0 Å². The van der Waals surface area contributed by atoms with Crippen LogP contribution in [0.2, 0.25) is 0 Å². The third-order valence-corrected chi connectivity index (χ3v) is 1.22. The molecule has 0 bridgehead atoms. The molecule has 2 nitrogen and oxygen atoms in total. The molecule has 0 aliphatic heterocycles. The van der Waals surface area contributed by atoms with Gasteiger partial charge in [-0.3, -0.25) is 4.79 Å². The van der Waals surface area contributed by atoms with Gasteiger partial charge in [0.2, 0.25) is 0 Å². The van der Waals surface area contributed by atoms with Gasteiger partial charge in [-0.2, -0.15) is 0 Å². The maximum absolute atomic E-state index is 10.2. The lowest BCUT2D eigenvalue weighted by Gasteiger charge is -1.80. The third-order valence-electron chi connectivity index (χ3n) is 0.563. The second-order valence-electron chi connectivity index (χ2n) is 1.41. The second-order valence-corrected chi connectivity index (χ2v) is 2.35. The average molecular weight is 144 g/mol. The van der Waals surface area contributed by atoms with Crippen LogP contribution in [-0.2, 0) is 9.59 Å². The quantitative estimate of drug-likeness (QED) is 0.335. The minimum atomic E-state index is 0.00778. The van der Waals surface area contributed by atoms with Gasteiger partial charge >= 0.3 is 0 Å². The molecule has 0 aromatic carbocycles. The van der Waals surface area contributed by atoms with Gasteiger partial charge in [-0.15, -0.1) is 11.8 Å². The third kappa shape index (κ3) is 7.43. The van der Waals surface area contributed by atoms with Gasteiger partial charge in [0, 0.05) is 0 Å². The van der Waals surface area contributed by atoms with Crippen molar-refractivity contribution in [1.82, 2.24) is 0 Å². The summed E-state index contributed by atoms with van der Waals surface area (Å²) in [6.07, 6.45) is 2.24. The van der Waals surface area contributed by atoms with Crippen LogP contribution in [0, 0.1) is 0 Å². The lowest BCUT2D eigenvalue weighted by atomic mass is 10.5. The SMILES string of the molecule is CC(=O)/C=C\SCC=O. The monoisotopic (exact) mass is 144 g/mol. The molecule has 0 atom stereocenters. The molecule has 0 aromatic rings. The van der Waals surface area contributed by atoms with Gasteiger partial charge in [-0.1, -0.05) is 0 Å². The zero-order valence-corrected chi connectivity index (χ0v) is 5.98. The van der Waals surface area contributed by atoms with E-state index in [1.54, 1.807) is 5.41 Å². The topological polar surface area (TPSA) is 34.1 Å². The highest BCUT2D eigenvalue weighted by molar-refractivity contribution is 8.02. The molecule has 9 heavy (non-hydrogen) atoms. The number of rotatable bonds is 4. The normalized spacial score (nSPS) is 9.89. The number of ketones is 1. The molecule has 0 spiro atoms. The molecule has 0 saturated carbocycles. The Balaban J connectivity index is 3.24. The largest absolute Gasteiger partial charge is 0.302 e. The first-order valence-corrected chi connectivity index (χ1v) is 3.54. The molecule has 0 amide bonds. The van der Waals surface area contributed by atoms with E-state index in [0.717, 1.165) is 6.29 Å². The maximum atomic E-state index is 10.2. The van der Waals surface area contributed by atoms with Crippen molar-refractivity contribution in [3.8, 4) is 0 Å². The highest BCUT2D eigenvalue weighted by Gasteiger charge is 1.80. The minimum Gasteiger partial charge on any atom is -0.302 e. The Bertz CT molecular complexity index is 129. The molecule has 0 saturated heterocycles. The first-order chi connectivity index (χ1) is 4.27. The van der Waals surface area contributed by atoms with Crippen molar-refractivity contribution >= 4 is 23.8 Å². The van der Waals surface area contributed by atoms with Crippen LogP contribution in [0.4, 0.5) is 0 Å². The molecular weight excluding hydrogens is 136 g/mol. The highest BCUT2D eigenvalue weighted by atomic mass is 32.2. The van der Waals surface area contributed by atoms with E-state index in [0.29, 0.717) is 5.75 Å². The average Bonchev–Trinajstić information content (AvgIpc) is 1.80. The van der Waals surface area contributed by atoms with E-state index in [9.17, 15) is 9.59 Å². The smallest absolute Gasteiger partial charge is 0.153 e. The summed E-state index contributed by atoms with van der Waals surface area (Å²) in [6.45, 7) is 1.47. The van der Waals surface area contributed by atoms with Crippen molar-refractivity contribution in [3.05, 3.63) is 11.5 Å². The summed E-state index contributed by atoms with van der Waals surface area (Å²) in [5.41, 5.74) is 0. The standard InChI is InChI=1S/C6H8O2S/c1-6(8)2-4-9-5-3-7/h2-4H,5H2,1H3/b4-2-. The maximum Gasteiger partial charge on any atom is 0.153 e. The van der Waals surface area contributed by atoms with E-state index in [4.69, 9.17) is 0 Å². The van der Waals surface area contributed by atoms with Crippen molar-refractivity contribution in [1.29, 1.82) is 0 Å². The van der Waals surface area contributed by atoms with Crippen LogP contribution in [0.25, 0.3) is 0 Å². The Kier molecular flexibility index (Phi) is 5.21. The Hall–Kier alpha value is -0.570. The predicted molar refractivity (Wildman–Crippen MR) is 38.3 cm³/mol. The van der Waals surface area contributed by atoms with Gasteiger partial charge in [0.05, 0.1) is 5.75 Å². The minimum absolute atomic E-state index is 0.00778. The number of hydrogen-bond donors (Lipinski definition) is 0. The summed E-state index contributed by atoms with van der Waals surface area (Å²) >= 11 is 1.31. The van der Waals surface area contributed by atoms with Crippen molar-refractivity contribution in [3.63, 3.8) is 0 Å². The van der Waals surface area contributed by atoms with Gasteiger partial charge < -0.3 is 4.79 Å². The summed E-state index contributed by atoms with van der Waals surface area (Å²) in [4.78, 5) is 19.9. The molecular formula is C6H8O2S. The van der Waals surface area contributed by atoms with Crippen LogP contribution in [-0.4, -0.2) is 17.8 Å². The zero-order chi connectivity index (χ0) is 7.11. The first kappa shape index (κ1) is 8.43. The molecule has 0 unspecified atom stereocenters. The van der Waals surface area contributed by atoms with E-state index in [2.05, 4.69) is 0 Å². The summed E-state index contributed by atoms with van der Waals surface area (Å²) < 4.78 is 0. The predicted octanol–water partition coefficient (Wildman–Crippen LogP) is 1.02. The Labute approximate surface area is 58.3 Å². The van der Waals surface area contributed by atoms with E-state index in [-0.39, 0.29) is 5.78 Å². The van der Waals surface area contributed by atoms with E-state index < -0.39 is 0 Å². The Morgan fingerprint density at radius 3 is 2.78 bits per heavy atom. The Morgan fingerprint density at radius 1 is 1.67 bits per heavy atom. The fourth-order valence-corrected chi connectivity index (χ4v) is 0.716. The van der Waals surface area contributed by atoms with E-state index in [1.807, 2.05) is 0 Å².